The summed E-state index contributed by atoms with van der Waals surface area (Å²) >= 11 is 6.01. The number of aryl methyl sites for hydroxylation is 1. The van der Waals surface area contributed by atoms with Gasteiger partial charge in [-0.1, -0.05) is 53.6 Å². The number of rotatable bonds is 4. The summed E-state index contributed by atoms with van der Waals surface area (Å²) in [5.41, 5.74) is 1.46. The molecule has 142 valence electrons. The van der Waals surface area contributed by atoms with E-state index in [4.69, 9.17) is 16.0 Å². The van der Waals surface area contributed by atoms with Gasteiger partial charge in [-0.05, 0) is 31.5 Å². The van der Waals surface area contributed by atoms with Gasteiger partial charge in [-0.3, -0.25) is 9.69 Å². The molecule has 1 saturated heterocycles. The summed E-state index contributed by atoms with van der Waals surface area (Å²) in [6, 6.07) is 14.2. The molecule has 0 spiro atoms. The van der Waals surface area contributed by atoms with Gasteiger partial charge in [-0.15, -0.1) is 0 Å². The number of amides is 3. The minimum atomic E-state index is -1.12. The molecule has 1 unspecified atom stereocenters. The first-order valence-electron chi connectivity index (χ1n) is 8.79. The third kappa shape index (κ3) is 3.16. The molecule has 4 rings (SSSR count). The summed E-state index contributed by atoms with van der Waals surface area (Å²) in [7, 11) is 0. The zero-order valence-corrected chi connectivity index (χ0v) is 16.2. The second-order valence-corrected chi connectivity index (χ2v) is 7.38. The molecule has 0 aliphatic carbocycles. The number of halogens is 1. The fourth-order valence-corrected chi connectivity index (χ4v) is 3.41. The van der Waals surface area contributed by atoms with Crippen LogP contribution in [0.4, 0.5) is 4.79 Å². The normalized spacial score (nSPS) is 19.2. The van der Waals surface area contributed by atoms with E-state index in [1.807, 2.05) is 43.3 Å². The van der Waals surface area contributed by atoms with Crippen LogP contribution in [0, 0.1) is 6.92 Å². The third-order valence-corrected chi connectivity index (χ3v) is 5.10. The summed E-state index contributed by atoms with van der Waals surface area (Å²) < 4.78 is 5.73. The van der Waals surface area contributed by atoms with Crippen LogP contribution in [-0.4, -0.2) is 21.8 Å². The number of carbonyl (C=O) groups is 2. The van der Waals surface area contributed by atoms with Gasteiger partial charge in [0, 0.05) is 10.6 Å². The number of hydrogen-bond donors (Lipinski definition) is 1. The minimum Gasteiger partial charge on any atom is -0.439 e. The van der Waals surface area contributed by atoms with Crippen molar-refractivity contribution in [3.63, 3.8) is 0 Å². The van der Waals surface area contributed by atoms with Crippen molar-refractivity contribution in [2.24, 2.45) is 0 Å². The van der Waals surface area contributed by atoms with E-state index in [2.05, 4.69) is 10.3 Å². The van der Waals surface area contributed by atoms with Crippen LogP contribution in [0.1, 0.15) is 23.9 Å². The fourth-order valence-electron chi connectivity index (χ4n) is 3.22. The maximum atomic E-state index is 13.0. The second-order valence-electron chi connectivity index (χ2n) is 6.94. The summed E-state index contributed by atoms with van der Waals surface area (Å²) in [4.78, 5) is 30.8. The van der Waals surface area contributed by atoms with Gasteiger partial charge in [0.05, 0.1) is 6.20 Å². The Bertz CT molecular complexity index is 1060. The predicted octanol–water partition coefficient (Wildman–Crippen LogP) is 4.27. The molecule has 3 amide bonds. The molecule has 1 aliphatic rings. The van der Waals surface area contributed by atoms with Crippen molar-refractivity contribution in [3.8, 4) is 11.3 Å². The first-order chi connectivity index (χ1) is 13.4. The quantitative estimate of drug-likeness (QED) is 0.669. The number of hydrogen-bond acceptors (Lipinski definition) is 4. The zero-order chi connectivity index (χ0) is 19.9. The van der Waals surface area contributed by atoms with Crippen LogP contribution >= 0.6 is 11.6 Å². The number of imide groups is 1. The molecule has 1 fully saturated rings. The molecule has 0 radical (unpaired) electrons. The summed E-state index contributed by atoms with van der Waals surface area (Å²) in [5.74, 6) is 0.446. The van der Waals surface area contributed by atoms with Gasteiger partial charge in [-0.2, -0.15) is 0 Å². The number of nitrogens with zero attached hydrogens (tertiary/aromatic N) is 2. The van der Waals surface area contributed by atoms with Gasteiger partial charge in [-0.25, -0.2) is 9.78 Å². The molecular formula is C21H18ClN3O3. The van der Waals surface area contributed by atoms with E-state index < -0.39 is 11.6 Å². The molecule has 7 heteroatoms. The van der Waals surface area contributed by atoms with Crippen molar-refractivity contribution in [1.82, 2.24) is 15.2 Å². The number of benzene rings is 2. The lowest BCUT2D eigenvalue weighted by atomic mass is 9.91. The van der Waals surface area contributed by atoms with Gasteiger partial charge in [0.2, 0.25) is 5.89 Å². The van der Waals surface area contributed by atoms with Crippen molar-refractivity contribution in [1.29, 1.82) is 0 Å². The standard InChI is InChI=1S/C21H18ClN3O3/c1-13-6-8-15(9-7-13)21(2)19(26)25(20(27)24-21)12-18-23-11-17(28-18)14-4-3-5-16(22)10-14/h3-11H,12H2,1-2H3,(H,24,27). The Morgan fingerprint density at radius 3 is 2.64 bits per heavy atom. The van der Waals surface area contributed by atoms with Crippen LogP contribution in [0.5, 0.6) is 0 Å². The van der Waals surface area contributed by atoms with Crippen molar-refractivity contribution in [3.05, 3.63) is 76.8 Å². The van der Waals surface area contributed by atoms with Crippen molar-refractivity contribution in [2.45, 2.75) is 25.9 Å². The molecule has 1 atom stereocenters. The predicted molar refractivity (Wildman–Crippen MR) is 105 cm³/mol. The maximum Gasteiger partial charge on any atom is 0.325 e. The Morgan fingerprint density at radius 1 is 1.18 bits per heavy atom. The molecule has 2 aromatic carbocycles. The number of aromatic nitrogens is 1. The highest BCUT2D eigenvalue weighted by atomic mass is 35.5. The Labute approximate surface area is 167 Å². The van der Waals surface area contributed by atoms with Gasteiger partial charge < -0.3 is 9.73 Å². The summed E-state index contributed by atoms with van der Waals surface area (Å²) in [6.45, 7) is 3.62. The van der Waals surface area contributed by atoms with Crippen LogP contribution in [0.15, 0.2) is 59.1 Å². The number of carbonyl (C=O) groups excluding carboxylic acids is 2. The van der Waals surface area contributed by atoms with Gasteiger partial charge in [0.1, 0.15) is 12.1 Å². The van der Waals surface area contributed by atoms with Gasteiger partial charge >= 0.3 is 6.03 Å². The van der Waals surface area contributed by atoms with Crippen LogP contribution in [0.3, 0.4) is 0 Å². The zero-order valence-electron chi connectivity index (χ0n) is 15.4. The SMILES string of the molecule is Cc1ccc(C2(C)NC(=O)N(Cc3ncc(-c4cccc(Cl)c4)o3)C2=O)cc1. The first kappa shape index (κ1) is 18.3. The summed E-state index contributed by atoms with van der Waals surface area (Å²) in [5, 5.41) is 3.36. The summed E-state index contributed by atoms with van der Waals surface area (Å²) in [6.07, 6.45) is 1.55. The topological polar surface area (TPSA) is 75.4 Å². The fraction of sp³-hybridized carbons (Fsp3) is 0.190. The Kier molecular flexibility index (Phi) is 4.43. The van der Waals surface area contributed by atoms with E-state index in [9.17, 15) is 9.59 Å². The molecule has 28 heavy (non-hydrogen) atoms. The lowest BCUT2D eigenvalue weighted by Gasteiger charge is -2.22. The highest BCUT2D eigenvalue weighted by Gasteiger charge is 2.49. The number of oxazole rings is 1. The van der Waals surface area contributed by atoms with Crippen LogP contribution in [0.25, 0.3) is 11.3 Å². The van der Waals surface area contributed by atoms with Gasteiger partial charge in [0.15, 0.2) is 5.76 Å². The molecule has 0 bridgehead atoms. The highest BCUT2D eigenvalue weighted by Crippen LogP contribution is 2.30. The van der Waals surface area contributed by atoms with Crippen LogP contribution < -0.4 is 5.32 Å². The van der Waals surface area contributed by atoms with Gasteiger partial charge in [0.25, 0.3) is 5.91 Å². The average Bonchev–Trinajstić information content (AvgIpc) is 3.22. The first-order valence-corrected chi connectivity index (χ1v) is 9.16. The van der Waals surface area contributed by atoms with Crippen molar-refractivity contribution in [2.75, 3.05) is 0 Å². The molecule has 1 N–H and O–H groups in total. The van der Waals surface area contributed by atoms with E-state index in [0.717, 1.165) is 21.6 Å². The van der Waals surface area contributed by atoms with E-state index in [1.54, 1.807) is 25.3 Å². The van der Waals surface area contributed by atoms with Crippen molar-refractivity contribution < 1.29 is 14.0 Å². The Hall–Kier alpha value is -3.12. The van der Waals surface area contributed by atoms with Crippen molar-refractivity contribution >= 4 is 23.5 Å². The molecule has 6 nitrogen and oxygen atoms in total. The lowest BCUT2D eigenvalue weighted by Crippen LogP contribution is -2.40. The monoisotopic (exact) mass is 395 g/mol. The smallest absolute Gasteiger partial charge is 0.325 e. The third-order valence-electron chi connectivity index (χ3n) is 4.86. The van der Waals surface area contributed by atoms with E-state index in [1.165, 1.54) is 0 Å². The Balaban J connectivity index is 1.56. The van der Waals surface area contributed by atoms with E-state index in [-0.39, 0.29) is 18.3 Å². The lowest BCUT2D eigenvalue weighted by molar-refractivity contribution is -0.131. The molecule has 2 heterocycles. The maximum absolute atomic E-state index is 13.0. The minimum absolute atomic E-state index is 0.0489. The van der Waals surface area contributed by atoms with Crippen LogP contribution in [0.2, 0.25) is 5.02 Å². The molecule has 3 aromatic rings. The molecular weight excluding hydrogens is 378 g/mol. The average molecular weight is 396 g/mol. The van der Waals surface area contributed by atoms with E-state index in [0.29, 0.717) is 10.8 Å². The van der Waals surface area contributed by atoms with Crippen LogP contribution in [-0.2, 0) is 16.9 Å². The number of nitrogens with one attached hydrogen (secondary N) is 1. The molecule has 0 saturated carbocycles. The Morgan fingerprint density at radius 2 is 1.93 bits per heavy atom. The number of urea groups is 1. The van der Waals surface area contributed by atoms with E-state index >= 15 is 0 Å². The molecule has 1 aliphatic heterocycles. The second kappa shape index (κ2) is 6.80. The molecule has 1 aromatic heterocycles. The largest absolute Gasteiger partial charge is 0.439 e. The highest BCUT2D eigenvalue weighted by molar-refractivity contribution is 6.30.